The topological polar surface area (TPSA) is 64.7 Å². The number of nitrogens with two attached hydrogens (primary N) is 1. The van der Waals surface area contributed by atoms with E-state index in [1.165, 1.54) is 11.3 Å². The standard InChI is InChI=1S/C14H10F2N4S/c1-7-18-5-10(13(17)19-7)14-20-12(6-21-14)9-4-8(15)2-3-11(9)16/h2-6H,1H3,(H2,17,18,19). The van der Waals surface area contributed by atoms with Gasteiger partial charge in [0.15, 0.2) is 0 Å². The zero-order chi connectivity index (χ0) is 15.0. The first-order valence-electron chi connectivity index (χ1n) is 6.05. The van der Waals surface area contributed by atoms with Crippen molar-refractivity contribution in [3.8, 4) is 21.8 Å². The van der Waals surface area contributed by atoms with Crippen LogP contribution in [0.1, 0.15) is 5.82 Å². The van der Waals surface area contributed by atoms with E-state index in [4.69, 9.17) is 5.73 Å². The Morgan fingerprint density at radius 2 is 1.95 bits per heavy atom. The molecule has 0 saturated carbocycles. The number of hydrogen-bond donors (Lipinski definition) is 1. The molecule has 0 unspecified atom stereocenters. The van der Waals surface area contributed by atoms with E-state index in [1.807, 2.05) is 0 Å². The highest BCUT2D eigenvalue weighted by Crippen LogP contribution is 2.32. The van der Waals surface area contributed by atoms with E-state index in [9.17, 15) is 8.78 Å². The number of aromatic nitrogens is 3. The van der Waals surface area contributed by atoms with Gasteiger partial charge in [0.05, 0.1) is 11.3 Å². The quantitative estimate of drug-likeness (QED) is 0.787. The summed E-state index contributed by atoms with van der Waals surface area (Å²) in [6.45, 7) is 1.73. The van der Waals surface area contributed by atoms with Gasteiger partial charge in [-0.1, -0.05) is 0 Å². The number of rotatable bonds is 2. The molecule has 3 aromatic rings. The normalized spacial score (nSPS) is 10.8. The van der Waals surface area contributed by atoms with E-state index in [-0.39, 0.29) is 5.56 Å². The van der Waals surface area contributed by atoms with E-state index < -0.39 is 11.6 Å². The van der Waals surface area contributed by atoms with Crippen LogP contribution in [0.4, 0.5) is 14.6 Å². The lowest BCUT2D eigenvalue weighted by Gasteiger charge is -2.02. The Balaban J connectivity index is 2.06. The molecule has 1 aromatic carbocycles. The fourth-order valence-electron chi connectivity index (χ4n) is 1.87. The maximum absolute atomic E-state index is 13.7. The van der Waals surface area contributed by atoms with Gasteiger partial charge in [0.2, 0.25) is 0 Å². The molecule has 2 heterocycles. The summed E-state index contributed by atoms with van der Waals surface area (Å²) in [5.74, 6) is -0.173. The summed E-state index contributed by atoms with van der Waals surface area (Å²) in [6, 6.07) is 3.26. The van der Waals surface area contributed by atoms with Crippen LogP contribution in [0.25, 0.3) is 21.8 Å². The molecule has 2 N–H and O–H groups in total. The van der Waals surface area contributed by atoms with E-state index in [1.54, 1.807) is 18.5 Å². The van der Waals surface area contributed by atoms with Crippen LogP contribution < -0.4 is 5.73 Å². The SMILES string of the molecule is Cc1ncc(-c2nc(-c3cc(F)ccc3F)cs2)c(N)n1. The van der Waals surface area contributed by atoms with Crippen LogP contribution in [0.2, 0.25) is 0 Å². The fourth-order valence-corrected chi connectivity index (χ4v) is 2.71. The van der Waals surface area contributed by atoms with Crippen molar-refractivity contribution in [2.45, 2.75) is 6.92 Å². The molecule has 0 aliphatic rings. The molecule has 21 heavy (non-hydrogen) atoms. The van der Waals surface area contributed by atoms with Crippen LogP contribution in [0.15, 0.2) is 29.8 Å². The van der Waals surface area contributed by atoms with Gasteiger partial charge in [-0.15, -0.1) is 11.3 Å². The lowest BCUT2D eigenvalue weighted by atomic mass is 10.1. The third-order valence-electron chi connectivity index (χ3n) is 2.88. The van der Waals surface area contributed by atoms with Gasteiger partial charge >= 0.3 is 0 Å². The third kappa shape index (κ3) is 2.59. The lowest BCUT2D eigenvalue weighted by molar-refractivity contribution is 0.603. The Morgan fingerprint density at radius 3 is 2.71 bits per heavy atom. The molecule has 0 saturated heterocycles. The summed E-state index contributed by atoms with van der Waals surface area (Å²) >= 11 is 1.27. The summed E-state index contributed by atoms with van der Waals surface area (Å²) in [4.78, 5) is 12.4. The van der Waals surface area contributed by atoms with E-state index in [0.717, 1.165) is 18.2 Å². The van der Waals surface area contributed by atoms with Crippen LogP contribution in [-0.4, -0.2) is 15.0 Å². The Labute approximate surface area is 123 Å². The van der Waals surface area contributed by atoms with E-state index in [2.05, 4.69) is 15.0 Å². The van der Waals surface area contributed by atoms with Gasteiger partial charge in [-0.2, -0.15) is 0 Å². The Bertz CT molecular complexity index is 816. The second kappa shape index (κ2) is 5.17. The summed E-state index contributed by atoms with van der Waals surface area (Å²) in [5, 5.41) is 2.21. The van der Waals surface area contributed by atoms with Gasteiger partial charge < -0.3 is 5.73 Å². The maximum Gasteiger partial charge on any atom is 0.137 e. The summed E-state index contributed by atoms with van der Waals surface area (Å²) < 4.78 is 27.0. The molecule has 2 aromatic heterocycles. The minimum Gasteiger partial charge on any atom is -0.383 e. The Kier molecular flexibility index (Phi) is 3.34. The zero-order valence-corrected chi connectivity index (χ0v) is 11.8. The molecule has 0 fully saturated rings. The highest BCUT2D eigenvalue weighted by atomic mass is 32.1. The van der Waals surface area contributed by atoms with Crippen molar-refractivity contribution in [2.75, 3.05) is 5.73 Å². The van der Waals surface area contributed by atoms with Crippen molar-refractivity contribution in [2.24, 2.45) is 0 Å². The molecule has 7 heteroatoms. The number of nitrogen functional groups attached to an aromatic ring is 1. The largest absolute Gasteiger partial charge is 0.383 e. The van der Waals surface area contributed by atoms with Crippen molar-refractivity contribution in [3.63, 3.8) is 0 Å². The minimum absolute atomic E-state index is 0.115. The molecule has 0 atom stereocenters. The molecular weight excluding hydrogens is 294 g/mol. The van der Waals surface area contributed by atoms with Crippen LogP contribution in [-0.2, 0) is 0 Å². The number of anilines is 1. The zero-order valence-electron chi connectivity index (χ0n) is 11.0. The monoisotopic (exact) mass is 304 g/mol. The maximum atomic E-state index is 13.7. The van der Waals surface area contributed by atoms with Crippen LogP contribution in [0.3, 0.4) is 0 Å². The first kappa shape index (κ1) is 13.6. The average molecular weight is 304 g/mol. The fraction of sp³-hybridized carbons (Fsp3) is 0.0714. The predicted octanol–water partition coefficient (Wildman–Crippen LogP) is 3.44. The van der Waals surface area contributed by atoms with Crippen LogP contribution in [0, 0.1) is 18.6 Å². The van der Waals surface area contributed by atoms with Gasteiger partial charge in [-0.05, 0) is 25.1 Å². The molecule has 3 rings (SSSR count). The summed E-state index contributed by atoms with van der Waals surface area (Å²) in [7, 11) is 0. The molecule has 0 bridgehead atoms. The molecule has 0 amide bonds. The van der Waals surface area contributed by atoms with Gasteiger partial charge in [-0.25, -0.2) is 23.7 Å². The smallest absolute Gasteiger partial charge is 0.137 e. The number of benzene rings is 1. The molecule has 106 valence electrons. The lowest BCUT2D eigenvalue weighted by Crippen LogP contribution is -1.98. The van der Waals surface area contributed by atoms with Crippen molar-refractivity contribution >= 4 is 17.2 Å². The first-order chi connectivity index (χ1) is 10.0. The minimum atomic E-state index is -0.527. The Morgan fingerprint density at radius 1 is 1.14 bits per heavy atom. The van der Waals surface area contributed by atoms with Gasteiger partial charge in [-0.3, -0.25) is 0 Å². The van der Waals surface area contributed by atoms with Gasteiger partial charge in [0.1, 0.15) is 28.3 Å². The average Bonchev–Trinajstić information content (AvgIpc) is 2.91. The number of thiazole rings is 1. The van der Waals surface area contributed by atoms with Crippen LogP contribution in [0.5, 0.6) is 0 Å². The predicted molar refractivity (Wildman–Crippen MR) is 77.6 cm³/mol. The second-order valence-electron chi connectivity index (χ2n) is 4.38. The van der Waals surface area contributed by atoms with Gasteiger partial charge in [0, 0.05) is 17.1 Å². The molecule has 0 spiro atoms. The number of hydrogen-bond acceptors (Lipinski definition) is 5. The number of halogens is 2. The second-order valence-corrected chi connectivity index (χ2v) is 5.24. The summed E-state index contributed by atoms with van der Waals surface area (Å²) in [5.41, 5.74) is 6.88. The van der Waals surface area contributed by atoms with Crippen molar-refractivity contribution in [1.82, 2.24) is 15.0 Å². The van der Waals surface area contributed by atoms with E-state index >= 15 is 0 Å². The van der Waals surface area contributed by atoms with Crippen molar-refractivity contribution < 1.29 is 8.78 Å². The number of nitrogens with zero attached hydrogens (tertiary/aromatic N) is 3. The molecule has 4 nitrogen and oxygen atoms in total. The van der Waals surface area contributed by atoms with Crippen molar-refractivity contribution in [3.05, 3.63) is 47.2 Å². The van der Waals surface area contributed by atoms with Gasteiger partial charge in [0.25, 0.3) is 0 Å². The highest BCUT2D eigenvalue weighted by molar-refractivity contribution is 7.13. The molecular formula is C14H10F2N4S. The molecule has 0 aliphatic heterocycles. The molecule has 0 radical (unpaired) electrons. The Hall–Kier alpha value is -2.41. The number of aryl methyl sites for hydroxylation is 1. The third-order valence-corrected chi connectivity index (χ3v) is 3.75. The van der Waals surface area contributed by atoms with Crippen molar-refractivity contribution in [1.29, 1.82) is 0 Å². The van der Waals surface area contributed by atoms with E-state index in [0.29, 0.717) is 27.9 Å². The highest BCUT2D eigenvalue weighted by Gasteiger charge is 2.14. The summed E-state index contributed by atoms with van der Waals surface area (Å²) in [6.07, 6.45) is 1.57. The van der Waals surface area contributed by atoms with Crippen LogP contribution >= 0.6 is 11.3 Å². The molecule has 0 aliphatic carbocycles. The first-order valence-corrected chi connectivity index (χ1v) is 6.93.